The Bertz CT molecular complexity index is 170. The highest BCUT2D eigenvalue weighted by atomic mass is 28.4. The third-order valence-electron chi connectivity index (χ3n) is 0.854. The summed E-state index contributed by atoms with van der Waals surface area (Å²) in [7, 11) is -1.73. The molecule has 0 aromatic carbocycles. The lowest BCUT2D eigenvalue weighted by atomic mass is 10.7. The Kier molecular flexibility index (Phi) is 4.66. The average molecular weight is 188 g/mol. The Morgan fingerprint density at radius 3 is 2.42 bits per heavy atom. The summed E-state index contributed by atoms with van der Waals surface area (Å²) >= 11 is 0. The third kappa shape index (κ3) is 7.34. The Morgan fingerprint density at radius 2 is 2.00 bits per heavy atom. The van der Waals surface area contributed by atoms with E-state index in [1.54, 1.807) is 6.08 Å². The van der Waals surface area contributed by atoms with Gasteiger partial charge in [0, 0.05) is 0 Å². The molecular weight excluding hydrogens is 172 g/mol. The zero-order valence-corrected chi connectivity index (χ0v) is 9.09. The molecule has 0 rings (SSSR count). The van der Waals surface area contributed by atoms with Gasteiger partial charge in [0.2, 0.25) is 8.32 Å². The van der Waals surface area contributed by atoms with Gasteiger partial charge < -0.3 is 9.16 Å². The van der Waals surface area contributed by atoms with E-state index in [0.717, 1.165) is 0 Å². The molecule has 0 spiro atoms. The molecule has 70 valence electrons. The van der Waals surface area contributed by atoms with Gasteiger partial charge in [-0.25, -0.2) is 4.79 Å². The number of carbonyl (C=O) groups is 1. The maximum Gasteiger partial charge on any atom is 0.330 e. The Balaban J connectivity index is 3.61. The fourth-order valence-corrected chi connectivity index (χ4v) is 1.33. The van der Waals surface area contributed by atoms with E-state index in [2.05, 4.69) is 0 Å². The van der Waals surface area contributed by atoms with Crippen molar-refractivity contribution < 1.29 is 14.0 Å². The number of ether oxygens (including phenoxy) is 1. The van der Waals surface area contributed by atoms with Crippen molar-refractivity contribution in [3.05, 3.63) is 12.3 Å². The second-order valence-electron chi connectivity index (χ2n) is 3.37. The Hall–Kier alpha value is -0.773. The first-order valence-electron chi connectivity index (χ1n) is 3.90. The molecule has 12 heavy (non-hydrogen) atoms. The number of allylic oxidation sites excluding steroid dienone is 1. The van der Waals surface area contributed by atoms with Crippen LogP contribution in [0.15, 0.2) is 12.3 Å². The summed E-state index contributed by atoms with van der Waals surface area (Å²) < 4.78 is 9.98. The largest absolute Gasteiger partial charge is 0.517 e. The summed E-state index contributed by atoms with van der Waals surface area (Å²) in [5.74, 6) is -0.285. The molecule has 0 atom stereocenters. The number of hydrogen-bond acceptors (Lipinski definition) is 3. The van der Waals surface area contributed by atoms with Crippen LogP contribution in [0, 0.1) is 0 Å². The molecular formula is C8H16O3Si. The van der Waals surface area contributed by atoms with Gasteiger partial charge in [-0.05, 0) is 26.6 Å². The van der Waals surface area contributed by atoms with Gasteiger partial charge in [0.05, 0.1) is 6.26 Å². The van der Waals surface area contributed by atoms with Crippen molar-refractivity contribution in [2.75, 3.05) is 6.61 Å². The standard InChI is InChI=1S/C8H16O3Si/c1-5-6-10-7-8(9)11-12(2,3)4/h5-6H,7H2,1-4H3/b6-5-. The van der Waals surface area contributed by atoms with Gasteiger partial charge in [0.15, 0.2) is 6.61 Å². The first kappa shape index (κ1) is 11.2. The minimum atomic E-state index is -1.73. The first-order chi connectivity index (χ1) is 5.45. The lowest BCUT2D eigenvalue weighted by molar-refractivity contribution is -0.138. The molecule has 0 heterocycles. The van der Waals surface area contributed by atoms with Crippen LogP contribution in [0.3, 0.4) is 0 Å². The fraction of sp³-hybridized carbons (Fsp3) is 0.625. The topological polar surface area (TPSA) is 35.5 Å². The molecule has 4 heteroatoms. The summed E-state index contributed by atoms with van der Waals surface area (Å²) in [5.41, 5.74) is 0. The summed E-state index contributed by atoms with van der Waals surface area (Å²) in [5, 5.41) is 0. The van der Waals surface area contributed by atoms with Gasteiger partial charge in [-0.3, -0.25) is 0 Å². The normalized spacial score (nSPS) is 11.7. The summed E-state index contributed by atoms with van der Waals surface area (Å²) in [6.07, 6.45) is 3.20. The zero-order valence-electron chi connectivity index (χ0n) is 8.09. The second-order valence-corrected chi connectivity index (χ2v) is 7.80. The maximum atomic E-state index is 11.0. The van der Waals surface area contributed by atoms with Crippen molar-refractivity contribution in [3.63, 3.8) is 0 Å². The van der Waals surface area contributed by atoms with Gasteiger partial charge in [-0.2, -0.15) is 0 Å². The molecule has 0 amide bonds. The quantitative estimate of drug-likeness (QED) is 0.499. The monoisotopic (exact) mass is 188 g/mol. The number of hydrogen-bond donors (Lipinski definition) is 0. The average Bonchev–Trinajstić information content (AvgIpc) is 1.84. The minimum Gasteiger partial charge on any atom is -0.517 e. The molecule has 0 aliphatic carbocycles. The predicted molar refractivity (Wildman–Crippen MR) is 50.2 cm³/mol. The molecule has 0 saturated carbocycles. The highest BCUT2D eigenvalue weighted by Gasteiger charge is 2.19. The molecule has 0 radical (unpaired) electrons. The molecule has 0 bridgehead atoms. The lowest BCUT2D eigenvalue weighted by Crippen LogP contribution is -2.30. The van der Waals surface area contributed by atoms with Gasteiger partial charge in [-0.1, -0.05) is 6.08 Å². The number of rotatable bonds is 4. The van der Waals surface area contributed by atoms with Crippen LogP contribution in [0.1, 0.15) is 6.92 Å². The van der Waals surface area contributed by atoms with E-state index >= 15 is 0 Å². The van der Waals surface area contributed by atoms with Crippen LogP contribution in [-0.4, -0.2) is 20.9 Å². The van der Waals surface area contributed by atoms with Crippen LogP contribution in [0.25, 0.3) is 0 Å². The van der Waals surface area contributed by atoms with Crippen LogP contribution < -0.4 is 0 Å². The van der Waals surface area contributed by atoms with Crippen molar-refractivity contribution in [2.45, 2.75) is 26.6 Å². The summed E-state index contributed by atoms with van der Waals surface area (Å²) in [4.78, 5) is 11.0. The Labute approximate surface area is 74.5 Å². The molecule has 0 aliphatic rings. The fourth-order valence-electron chi connectivity index (χ4n) is 0.583. The van der Waals surface area contributed by atoms with E-state index in [1.165, 1.54) is 6.26 Å². The molecule has 0 N–H and O–H groups in total. The van der Waals surface area contributed by atoms with Crippen LogP contribution >= 0.6 is 0 Å². The van der Waals surface area contributed by atoms with Crippen molar-refractivity contribution >= 4 is 14.3 Å². The van der Waals surface area contributed by atoms with E-state index < -0.39 is 8.32 Å². The van der Waals surface area contributed by atoms with Gasteiger partial charge in [-0.15, -0.1) is 0 Å². The number of carbonyl (C=O) groups excluding carboxylic acids is 1. The van der Waals surface area contributed by atoms with Crippen LogP contribution in [0.2, 0.25) is 19.6 Å². The van der Waals surface area contributed by atoms with Crippen molar-refractivity contribution in [1.82, 2.24) is 0 Å². The van der Waals surface area contributed by atoms with Crippen LogP contribution in [0.4, 0.5) is 0 Å². The molecule has 0 saturated heterocycles. The Morgan fingerprint density at radius 1 is 1.42 bits per heavy atom. The second kappa shape index (κ2) is 4.98. The smallest absolute Gasteiger partial charge is 0.330 e. The van der Waals surface area contributed by atoms with Crippen molar-refractivity contribution in [3.8, 4) is 0 Å². The zero-order chi connectivity index (χ0) is 9.61. The minimum absolute atomic E-state index is 0.00854. The molecule has 0 fully saturated rings. The summed E-state index contributed by atoms with van der Waals surface area (Å²) in [6, 6.07) is 0. The molecule has 0 unspecified atom stereocenters. The third-order valence-corrected chi connectivity index (χ3v) is 1.69. The summed E-state index contributed by atoms with van der Waals surface area (Å²) in [6.45, 7) is 7.71. The predicted octanol–water partition coefficient (Wildman–Crippen LogP) is 1.91. The van der Waals surface area contributed by atoms with E-state index in [4.69, 9.17) is 9.16 Å². The molecule has 0 aromatic rings. The first-order valence-corrected chi connectivity index (χ1v) is 7.31. The molecule has 0 aliphatic heterocycles. The molecule has 0 aromatic heterocycles. The van der Waals surface area contributed by atoms with Gasteiger partial charge >= 0.3 is 5.97 Å². The highest BCUT2D eigenvalue weighted by Crippen LogP contribution is 2.02. The van der Waals surface area contributed by atoms with E-state index in [0.29, 0.717) is 0 Å². The molecule has 3 nitrogen and oxygen atoms in total. The van der Waals surface area contributed by atoms with Crippen LogP contribution in [0.5, 0.6) is 0 Å². The highest BCUT2D eigenvalue weighted by molar-refractivity contribution is 6.71. The van der Waals surface area contributed by atoms with Crippen molar-refractivity contribution in [1.29, 1.82) is 0 Å². The van der Waals surface area contributed by atoms with Gasteiger partial charge in [0.1, 0.15) is 0 Å². The van der Waals surface area contributed by atoms with E-state index in [9.17, 15) is 4.79 Å². The lowest BCUT2D eigenvalue weighted by Gasteiger charge is -2.16. The maximum absolute atomic E-state index is 11.0. The SMILES string of the molecule is C/C=C\OCC(=O)O[Si](C)(C)C. The van der Waals surface area contributed by atoms with Crippen LogP contribution in [-0.2, 0) is 14.0 Å². The van der Waals surface area contributed by atoms with Crippen molar-refractivity contribution in [2.24, 2.45) is 0 Å². The van der Waals surface area contributed by atoms with Gasteiger partial charge in [0.25, 0.3) is 0 Å². The van der Waals surface area contributed by atoms with E-state index in [1.807, 2.05) is 26.6 Å². The van der Waals surface area contributed by atoms with E-state index in [-0.39, 0.29) is 12.6 Å².